The molecule has 46 valence electrons. The van der Waals surface area contributed by atoms with Crippen molar-refractivity contribution in [1.82, 2.24) is 5.32 Å². The lowest BCUT2D eigenvalue weighted by Crippen LogP contribution is -2.32. The molecule has 0 aliphatic carbocycles. The molecule has 0 spiro atoms. The molecule has 0 unspecified atom stereocenters. The Hall–Kier alpha value is -0.530. The Morgan fingerprint density at radius 2 is 2.50 bits per heavy atom. The zero-order valence-electron chi connectivity index (χ0n) is 5.11. The SMILES string of the molecule is C[C@@H]1CCNC(=O)C1. The Kier molecular flexibility index (Phi) is 1.51. The van der Waals surface area contributed by atoms with Gasteiger partial charge in [-0.05, 0) is 12.3 Å². The Morgan fingerprint density at radius 1 is 1.75 bits per heavy atom. The van der Waals surface area contributed by atoms with Crippen molar-refractivity contribution in [1.29, 1.82) is 0 Å². The molecule has 8 heavy (non-hydrogen) atoms. The van der Waals surface area contributed by atoms with Gasteiger partial charge in [0.2, 0.25) is 5.91 Å². The number of carbonyl (C=O) groups is 1. The fraction of sp³-hybridized carbons (Fsp3) is 0.833. The lowest BCUT2D eigenvalue weighted by atomic mass is 10.0. The van der Waals surface area contributed by atoms with Crippen molar-refractivity contribution in [3.8, 4) is 0 Å². The molecule has 0 aromatic rings. The molecule has 0 aromatic carbocycles. The number of amides is 1. The maximum Gasteiger partial charge on any atom is 0.220 e. The number of piperidine rings is 1. The predicted octanol–water partition coefficient (Wildman–Crippen LogP) is 0.532. The zero-order valence-corrected chi connectivity index (χ0v) is 5.11. The summed E-state index contributed by atoms with van der Waals surface area (Å²) in [6, 6.07) is 0. The summed E-state index contributed by atoms with van der Waals surface area (Å²) in [5.41, 5.74) is 0. The van der Waals surface area contributed by atoms with Crippen LogP contribution in [0.1, 0.15) is 19.8 Å². The largest absolute Gasteiger partial charge is 0.356 e. The van der Waals surface area contributed by atoms with Crippen LogP contribution in [0, 0.1) is 5.92 Å². The average molecular weight is 113 g/mol. The fourth-order valence-electron chi connectivity index (χ4n) is 0.949. The molecule has 1 fully saturated rings. The molecular weight excluding hydrogens is 102 g/mol. The smallest absolute Gasteiger partial charge is 0.220 e. The van der Waals surface area contributed by atoms with Crippen molar-refractivity contribution in [2.24, 2.45) is 5.92 Å². The van der Waals surface area contributed by atoms with E-state index in [9.17, 15) is 4.79 Å². The molecule has 2 nitrogen and oxygen atoms in total. The molecule has 1 N–H and O–H groups in total. The topological polar surface area (TPSA) is 29.1 Å². The van der Waals surface area contributed by atoms with Crippen LogP contribution in [0.15, 0.2) is 0 Å². The van der Waals surface area contributed by atoms with E-state index in [4.69, 9.17) is 0 Å². The summed E-state index contributed by atoms with van der Waals surface area (Å²) in [5.74, 6) is 0.812. The van der Waals surface area contributed by atoms with Gasteiger partial charge in [-0.3, -0.25) is 4.79 Å². The van der Waals surface area contributed by atoms with Crippen LogP contribution in [0.5, 0.6) is 0 Å². The molecule has 1 atom stereocenters. The van der Waals surface area contributed by atoms with Gasteiger partial charge in [-0.1, -0.05) is 6.92 Å². The van der Waals surface area contributed by atoms with E-state index in [0.29, 0.717) is 5.92 Å². The zero-order chi connectivity index (χ0) is 5.98. The minimum absolute atomic E-state index is 0.212. The van der Waals surface area contributed by atoms with Crippen LogP contribution >= 0.6 is 0 Å². The minimum atomic E-state index is 0.212. The molecular formula is C6H11NO. The van der Waals surface area contributed by atoms with Gasteiger partial charge in [0.25, 0.3) is 0 Å². The van der Waals surface area contributed by atoms with Crippen LogP contribution < -0.4 is 5.32 Å². The van der Waals surface area contributed by atoms with Gasteiger partial charge in [0.05, 0.1) is 0 Å². The van der Waals surface area contributed by atoms with E-state index >= 15 is 0 Å². The number of hydrogen-bond acceptors (Lipinski definition) is 1. The molecule has 1 heterocycles. The van der Waals surface area contributed by atoms with Gasteiger partial charge in [-0.25, -0.2) is 0 Å². The van der Waals surface area contributed by atoms with Gasteiger partial charge in [-0.2, -0.15) is 0 Å². The van der Waals surface area contributed by atoms with E-state index in [1.807, 2.05) is 0 Å². The van der Waals surface area contributed by atoms with Crippen molar-refractivity contribution < 1.29 is 4.79 Å². The summed E-state index contributed by atoms with van der Waals surface area (Å²) >= 11 is 0. The van der Waals surface area contributed by atoms with Gasteiger partial charge >= 0.3 is 0 Å². The number of hydrogen-bond donors (Lipinski definition) is 1. The lowest BCUT2D eigenvalue weighted by Gasteiger charge is -2.16. The second-order valence-electron chi connectivity index (χ2n) is 2.45. The van der Waals surface area contributed by atoms with E-state index in [1.165, 1.54) is 0 Å². The highest BCUT2D eigenvalue weighted by Gasteiger charge is 2.13. The number of nitrogens with one attached hydrogen (secondary N) is 1. The normalized spacial score (nSPS) is 29.6. The molecule has 1 amide bonds. The molecule has 1 aliphatic rings. The molecule has 0 aromatic heterocycles. The number of rotatable bonds is 0. The summed E-state index contributed by atoms with van der Waals surface area (Å²) in [4.78, 5) is 10.6. The van der Waals surface area contributed by atoms with Crippen molar-refractivity contribution in [2.75, 3.05) is 6.54 Å². The Balaban J connectivity index is 2.34. The van der Waals surface area contributed by atoms with Crippen LogP contribution in [-0.2, 0) is 4.79 Å². The first-order valence-electron chi connectivity index (χ1n) is 3.06. The van der Waals surface area contributed by atoms with E-state index < -0.39 is 0 Å². The maximum absolute atomic E-state index is 10.6. The molecule has 1 aliphatic heterocycles. The van der Waals surface area contributed by atoms with Gasteiger partial charge in [0.15, 0.2) is 0 Å². The second-order valence-corrected chi connectivity index (χ2v) is 2.45. The van der Waals surface area contributed by atoms with Crippen molar-refractivity contribution in [3.63, 3.8) is 0 Å². The van der Waals surface area contributed by atoms with E-state index in [1.54, 1.807) is 0 Å². The van der Waals surface area contributed by atoms with Crippen molar-refractivity contribution in [2.45, 2.75) is 19.8 Å². The molecule has 2 heteroatoms. The van der Waals surface area contributed by atoms with Crippen LogP contribution in [0.4, 0.5) is 0 Å². The molecule has 1 rings (SSSR count). The first-order valence-corrected chi connectivity index (χ1v) is 3.06. The van der Waals surface area contributed by atoms with Gasteiger partial charge in [0.1, 0.15) is 0 Å². The van der Waals surface area contributed by atoms with Crippen LogP contribution in [0.25, 0.3) is 0 Å². The highest BCUT2D eigenvalue weighted by atomic mass is 16.1. The molecule has 0 saturated carbocycles. The van der Waals surface area contributed by atoms with Gasteiger partial charge < -0.3 is 5.32 Å². The lowest BCUT2D eigenvalue weighted by molar-refractivity contribution is -0.123. The van der Waals surface area contributed by atoms with Crippen molar-refractivity contribution in [3.05, 3.63) is 0 Å². The first kappa shape index (κ1) is 5.60. The second kappa shape index (κ2) is 2.16. The van der Waals surface area contributed by atoms with E-state index in [2.05, 4.69) is 12.2 Å². The molecule has 0 bridgehead atoms. The Morgan fingerprint density at radius 3 is 2.88 bits per heavy atom. The summed E-state index contributed by atoms with van der Waals surface area (Å²) in [6.07, 6.45) is 1.87. The fourth-order valence-corrected chi connectivity index (χ4v) is 0.949. The molecule has 1 saturated heterocycles. The van der Waals surface area contributed by atoms with Crippen LogP contribution in [-0.4, -0.2) is 12.5 Å². The number of carbonyl (C=O) groups excluding carboxylic acids is 1. The summed E-state index contributed by atoms with van der Waals surface area (Å²) in [5, 5.41) is 2.77. The third-order valence-corrected chi connectivity index (χ3v) is 1.49. The average Bonchev–Trinajstić information content (AvgIpc) is 1.64. The Labute approximate surface area is 49.3 Å². The first-order chi connectivity index (χ1) is 3.79. The van der Waals surface area contributed by atoms with E-state index in [-0.39, 0.29) is 5.91 Å². The van der Waals surface area contributed by atoms with Gasteiger partial charge in [-0.15, -0.1) is 0 Å². The monoisotopic (exact) mass is 113 g/mol. The highest BCUT2D eigenvalue weighted by Crippen LogP contribution is 2.09. The predicted molar refractivity (Wildman–Crippen MR) is 31.4 cm³/mol. The van der Waals surface area contributed by atoms with Crippen molar-refractivity contribution >= 4 is 5.91 Å². The quantitative estimate of drug-likeness (QED) is 0.488. The Bertz CT molecular complexity index is 101. The van der Waals surface area contributed by atoms with Crippen LogP contribution in [0.2, 0.25) is 0 Å². The third-order valence-electron chi connectivity index (χ3n) is 1.49. The standard InChI is InChI=1S/C6H11NO/c1-5-2-3-7-6(8)4-5/h5H,2-4H2,1H3,(H,7,8)/t5-/m1/s1. The highest BCUT2D eigenvalue weighted by molar-refractivity contribution is 5.76. The van der Waals surface area contributed by atoms with Gasteiger partial charge in [0, 0.05) is 13.0 Å². The summed E-state index contributed by atoms with van der Waals surface area (Å²) in [7, 11) is 0. The maximum atomic E-state index is 10.6. The molecule has 0 radical (unpaired) electrons. The third kappa shape index (κ3) is 1.22. The van der Waals surface area contributed by atoms with E-state index in [0.717, 1.165) is 19.4 Å². The summed E-state index contributed by atoms with van der Waals surface area (Å²) < 4.78 is 0. The van der Waals surface area contributed by atoms with Crippen LogP contribution in [0.3, 0.4) is 0 Å². The summed E-state index contributed by atoms with van der Waals surface area (Å²) in [6.45, 7) is 2.98. The minimum Gasteiger partial charge on any atom is -0.356 e.